The number of aliphatic hydroxyl groups is 1. The average molecular weight is 259 g/mol. The van der Waals surface area contributed by atoms with Crippen molar-refractivity contribution in [1.29, 1.82) is 0 Å². The molecule has 0 atom stereocenters. The fourth-order valence-corrected chi connectivity index (χ4v) is 0.953. The number of carbonyl (C=O) groups is 1. The Labute approximate surface area is 113 Å². The lowest BCUT2D eigenvalue weighted by molar-refractivity contribution is 0.168. The molecule has 0 aromatic heterocycles. The topological polar surface area (TPSA) is 58.6 Å². The summed E-state index contributed by atoms with van der Waals surface area (Å²) in [4.78, 5) is 10.9. The van der Waals surface area contributed by atoms with Crippen LogP contribution in [0.4, 0.5) is 10.5 Å². The Balaban J connectivity index is 0.000000399. The van der Waals surface area contributed by atoms with Crippen molar-refractivity contribution in [2.24, 2.45) is 0 Å². The van der Waals surface area contributed by atoms with Crippen LogP contribution in [-0.2, 0) is 4.74 Å². The van der Waals surface area contributed by atoms with Crippen molar-refractivity contribution in [3.8, 4) is 23.7 Å². The van der Waals surface area contributed by atoms with Gasteiger partial charge in [-0.2, -0.15) is 0 Å². The largest absolute Gasteiger partial charge is 0.450 e. The van der Waals surface area contributed by atoms with Crippen LogP contribution in [0, 0.1) is 23.7 Å². The first-order valence-electron chi connectivity index (χ1n) is 5.73. The number of hydrogen-bond donors (Lipinski definition) is 2. The predicted octanol–water partition coefficient (Wildman–Crippen LogP) is 2.26. The van der Waals surface area contributed by atoms with Crippen molar-refractivity contribution in [3.63, 3.8) is 0 Å². The quantitative estimate of drug-likeness (QED) is 0.801. The minimum atomic E-state index is -0.413. The molecule has 0 aliphatic heterocycles. The molecule has 0 spiro atoms. The van der Waals surface area contributed by atoms with Gasteiger partial charge < -0.3 is 9.84 Å². The van der Waals surface area contributed by atoms with E-state index in [1.54, 1.807) is 26.0 Å². The molecule has 100 valence electrons. The van der Waals surface area contributed by atoms with Crippen LogP contribution in [0.25, 0.3) is 0 Å². The molecule has 0 saturated heterocycles. The molecule has 0 aliphatic rings. The van der Waals surface area contributed by atoms with Gasteiger partial charge in [0.2, 0.25) is 0 Å². The second-order valence-corrected chi connectivity index (χ2v) is 3.05. The molecule has 0 unspecified atom stereocenters. The summed E-state index contributed by atoms with van der Waals surface area (Å²) < 4.78 is 4.70. The van der Waals surface area contributed by atoms with Crippen LogP contribution < -0.4 is 5.32 Å². The number of carbonyl (C=O) groups excluding carboxylic acids is 1. The third-order valence-corrected chi connectivity index (χ3v) is 1.65. The fraction of sp³-hybridized carbons (Fsp3) is 0.267. The Hall–Kier alpha value is -2.43. The molecule has 1 rings (SSSR count). The summed E-state index contributed by atoms with van der Waals surface area (Å²) in [7, 11) is 0. The first-order valence-corrected chi connectivity index (χ1v) is 5.73. The van der Waals surface area contributed by atoms with Gasteiger partial charge in [-0.1, -0.05) is 30.0 Å². The minimum absolute atomic E-state index is 0.103. The number of nitrogens with one attached hydrogen (secondary N) is 1. The zero-order valence-corrected chi connectivity index (χ0v) is 11.1. The van der Waals surface area contributed by atoms with Crippen LogP contribution in [0.15, 0.2) is 30.3 Å². The van der Waals surface area contributed by atoms with Crippen LogP contribution in [0.1, 0.15) is 13.8 Å². The Morgan fingerprint density at radius 1 is 1.32 bits per heavy atom. The number of benzene rings is 1. The van der Waals surface area contributed by atoms with E-state index in [0.29, 0.717) is 6.61 Å². The Morgan fingerprint density at radius 3 is 2.53 bits per heavy atom. The molecular weight excluding hydrogens is 242 g/mol. The van der Waals surface area contributed by atoms with Crippen LogP contribution in [-0.4, -0.2) is 24.4 Å². The van der Waals surface area contributed by atoms with Gasteiger partial charge in [-0.3, -0.25) is 5.32 Å². The van der Waals surface area contributed by atoms with Gasteiger partial charge in [-0.25, -0.2) is 4.79 Å². The summed E-state index contributed by atoms with van der Waals surface area (Å²) in [6.45, 7) is 3.75. The maximum absolute atomic E-state index is 10.9. The molecule has 4 nitrogen and oxygen atoms in total. The third-order valence-electron chi connectivity index (χ3n) is 1.65. The van der Waals surface area contributed by atoms with Gasteiger partial charge >= 0.3 is 6.09 Å². The van der Waals surface area contributed by atoms with E-state index in [1.165, 1.54) is 0 Å². The van der Waals surface area contributed by atoms with E-state index in [0.717, 1.165) is 5.69 Å². The number of rotatable bonds is 2. The van der Waals surface area contributed by atoms with Crippen molar-refractivity contribution in [2.75, 3.05) is 18.5 Å². The third kappa shape index (κ3) is 10.4. The Bertz CT molecular complexity index is 475. The second kappa shape index (κ2) is 12.0. The molecule has 0 heterocycles. The normalized spacial score (nSPS) is 7.53. The second-order valence-electron chi connectivity index (χ2n) is 3.05. The summed E-state index contributed by atoms with van der Waals surface area (Å²) in [5, 5.41) is 10.6. The summed E-state index contributed by atoms with van der Waals surface area (Å²) in [5.41, 5.74) is 0.746. The van der Waals surface area contributed by atoms with Crippen LogP contribution in [0.3, 0.4) is 0 Å². The van der Waals surface area contributed by atoms with Gasteiger partial charge in [0.25, 0.3) is 0 Å². The smallest absolute Gasteiger partial charge is 0.411 e. The highest BCUT2D eigenvalue weighted by molar-refractivity contribution is 5.84. The van der Waals surface area contributed by atoms with E-state index >= 15 is 0 Å². The number of anilines is 1. The molecular formula is C15H17NO3. The van der Waals surface area contributed by atoms with Gasteiger partial charge in [-0.15, -0.1) is 0 Å². The van der Waals surface area contributed by atoms with Crippen molar-refractivity contribution in [2.45, 2.75) is 13.8 Å². The van der Waals surface area contributed by atoms with Crippen molar-refractivity contribution >= 4 is 11.8 Å². The van der Waals surface area contributed by atoms with Gasteiger partial charge in [-0.05, 0) is 37.8 Å². The molecule has 0 aliphatic carbocycles. The molecule has 4 heteroatoms. The van der Waals surface area contributed by atoms with Crippen molar-refractivity contribution in [1.82, 2.24) is 0 Å². The molecule has 0 bridgehead atoms. The van der Waals surface area contributed by atoms with Crippen molar-refractivity contribution < 1.29 is 14.6 Å². The lowest BCUT2D eigenvalue weighted by Crippen LogP contribution is -2.12. The number of amides is 1. The van der Waals surface area contributed by atoms with Gasteiger partial charge in [0.05, 0.1) is 6.61 Å². The first-order chi connectivity index (χ1) is 9.24. The summed E-state index contributed by atoms with van der Waals surface area (Å²) in [6.07, 6.45) is -0.413. The molecule has 1 aromatic rings. The van der Waals surface area contributed by atoms with Gasteiger partial charge in [0.15, 0.2) is 0 Å². The average Bonchev–Trinajstić information content (AvgIpc) is 2.41. The van der Waals surface area contributed by atoms with Crippen LogP contribution in [0.5, 0.6) is 0 Å². The SMILES string of the molecule is CC#CC#CCO.CCOC(=O)Nc1ccccc1. The van der Waals surface area contributed by atoms with Gasteiger partial charge in [0, 0.05) is 5.69 Å². The monoisotopic (exact) mass is 259 g/mol. The van der Waals surface area contributed by atoms with Gasteiger partial charge in [0.1, 0.15) is 6.61 Å². The first kappa shape index (κ1) is 16.6. The Kier molecular flexibility index (Phi) is 10.5. The number of hydrogen-bond acceptors (Lipinski definition) is 3. The molecule has 2 N–H and O–H groups in total. The number of aliphatic hydroxyl groups excluding tert-OH is 1. The molecule has 0 fully saturated rings. The molecule has 0 saturated carbocycles. The van der Waals surface area contributed by atoms with Crippen LogP contribution in [0.2, 0.25) is 0 Å². The fourth-order valence-electron chi connectivity index (χ4n) is 0.953. The number of para-hydroxylation sites is 1. The van der Waals surface area contributed by atoms with Crippen molar-refractivity contribution in [3.05, 3.63) is 30.3 Å². The van der Waals surface area contributed by atoms with E-state index in [9.17, 15) is 4.79 Å². The molecule has 19 heavy (non-hydrogen) atoms. The highest BCUT2D eigenvalue weighted by Gasteiger charge is 1.98. The summed E-state index contributed by atoms with van der Waals surface area (Å²) in [6, 6.07) is 9.19. The van der Waals surface area contributed by atoms with E-state index < -0.39 is 6.09 Å². The predicted molar refractivity (Wildman–Crippen MR) is 75.4 cm³/mol. The van der Waals surface area contributed by atoms with E-state index in [4.69, 9.17) is 9.84 Å². The van der Waals surface area contributed by atoms with E-state index in [2.05, 4.69) is 29.0 Å². The highest BCUT2D eigenvalue weighted by atomic mass is 16.5. The summed E-state index contributed by atoms with van der Waals surface area (Å²) >= 11 is 0. The lowest BCUT2D eigenvalue weighted by atomic mass is 10.3. The molecule has 1 amide bonds. The highest BCUT2D eigenvalue weighted by Crippen LogP contribution is 2.04. The van der Waals surface area contributed by atoms with E-state index in [-0.39, 0.29) is 6.61 Å². The Morgan fingerprint density at radius 2 is 2.00 bits per heavy atom. The zero-order chi connectivity index (χ0) is 14.3. The summed E-state index contributed by atoms with van der Waals surface area (Å²) in [5.74, 6) is 9.85. The molecule has 1 aromatic carbocycles. The lowest BCUT2D eigenvalue weighted by Gasteiger charge is -2.03. The number of ether oxygens (including phenoxy) is 1. The van der Waals surface area contributed by atoms with E-state index in [1.807, 2.05) is 18.2 Å². The molecule has 0 radical (unpaired) electrons. The maximum atomic E-state index is 10.9. The zero-order valence-electron chi connectivity index (χ0n) is 11.1. The standard InChI is InChI=1S/C9H11NO2.C6H6O/c1-2-12-9(11)10-8-6-4-3-5-7-8;1-2-3-4-5-6-7/h3-7H,2H2,1H3,(H,10,11);7H,6H2,1H3. The minimum Gasteiger partial charge on any atom is -0.450 e. The maximum Gasteiger partial charge on any atom is 0.411 e. The van der Waals surface area contributed by atoms with Crippen LogP contribution >= 0.6 is 0 Å².